The molecule has 0 bridgehead atoms. The van der Waals surface area contributed by atoms with E-state index >= 15 is 0 Å². The van der Waals surface area contributed by atoms with Gasteiger partial charge in [-0.05, 0) is 75.0 Å². The highest BCUT2D eigenvalue weighted by Crippen LogP contribution is 2.39. The van der Waals surface area contributed by atoms with Crippen molar-refractivity contribution >= 4 is 11.9 Å². The summed E-state index contributed by atoms with van der Waals surface area (Å²) >= 11 is 0. The molecule has 2 aliphatic carbocycles. The molecule has 2 saturated carbocycles. The van der Waals surface area contributed by atoms with Crippen LogP contribution in [-0.2, 0) is 14.3 Å². The molecule has 3 unspecified atom stereocenters. The van der Waals surface area contributed by atoms with Gasteiger partial charge < -0.3 is 9.84 Å². The van der Waals surface area contributed by atoms with Crippen LogP contribution in [0.15, 0.2) is 0 Å². The zero-order chi connectivity index (χ0) is 21.5. The molecule has 0 radical (unpaired) electrons. The third-order valence-electron chi connectivity index (χ3n) is 7.00. The maximum Gasteiger partial charge on any atom is 0.303 e. The molecule has 0 aromatic rings. The number of hydrogen-bond acceptors (Lipinski definition) is 3. The van der Waals surface area contributed by atoms with E-state index in [1.807, 2.05) is 13.8 Å². The first-order valence-electron chi connectivity index (χ1n) is 11.3. The van der Waals surface area contributed by atoms with Crippen LogP contribution >= 0.6 is 0 Å². The first-order valence-corrected chi connectivity index (χ1v) is 11.3. The van der Waals surface area contributed by atoms with Crippen molar-refractivity contribution in [3.63, 3.8) is 0 Å². The van der Waals surface area contributed by atoms with E-state index in [9.17, 15) is 9.59 Å². The SMILES string of the molecule is CC(=O)OC(C)(C)C1CCC(C)CC1.CC1CCC(C(C)C)C(CC(=O)O)C1. The lowest BCUT2D eigenvalue weighted by Gasteiger charge is -2.37. The van der Waals surface area contributed by atoms with Crippen LogP contribution in [0.5, 0.6) is 0 Å². The van der Waals surface area contributed by atoms with Crippen LogP contribution < -0.4 is 0 Å². The summed E-state index contributed by atoms with van der Waals surface area (Å²) in [6.07, 6.45) is 8.91. The van der Waals surface area contributed by atoms with E-state index in [0.717, 1.165) is 12.3 Å². The number of carboxylic acids is 1. The van der Waals surface area contributed by atoms with Crippen LogP contribution in [0.25, 0.3) is 0 Å². The largest absolute Gasteiger partial charge is 0.481 e. The Labute approximate surface area is 172 Å². The fourth-order valence-electron chi connectivity index (χ4n) is 5.27. The van der Waals surface area contributed by atoms with Crippen molar-refractivity contribution in [2.75, 3.05) is 0 Å². The van der Waals surface area contributed by atoms with E-state index in [1.54, 1.807) is 0 Å². The molecule has 2 fully saturated rings. The van der Waals surface area contributed by atoms with Gasteiger partial charge in [0.25, 0.3) is 0 Å². The molecule has 0 aromatic carbocycles. The van der Waals surface area contributed by atoms with Crippen molar-refractivity contribution in [1.82, 2.24) is 0 Å². The van der Waals surface area contributed by atoms with Gasteiger partial charge in [0.2, 0.25) is 0 Å². The van der Waals surface area contributed by atoms with Crippen LogP contribution in [0.2, 0.25) is 0 Å². The first kappa shape index (κ1) is 25.0. The molecule has 0 aliphatic heterocycles. The summed E-state index contributed by atoms with van der Waals surface area (Å²) < 4.78 is 5.37. The molecule has 0 saturated heterocycles. The third-order valence-corrected chi connectivity index (χ3v) is 7.00. The summed E-state index contributed by atoms with van der Waals surface area (Å²) in [5.41, 5.74) is -0.272. The molecule has 1 N–H and O–H groups in total. The zero-order valence-electron chi connectivity index (χ0n) is 19.3. The Balaban J connectivity index is 0.000000280. The number of aliphatic carboxylic acids is 1. The Kier molecular flexibility index (Phi) is 10.00. The number of hydrogen-bond donors (Lipinski definition) is 1. The zero-order valence-corrected chi connectivity index (χ0v) is 19.3. The Morgan fingerprint density at radius 2 is 1.54 bits per heavy atom. The molecule has 164 valence electrons. The Morgan fingerprint density at radius 3 is 2.00 bits per heavy atom. The number of rotatable bonds is 5. The molecule has 0 heterocycles. The van der Waals surface area contributed by atoms with Gasteiger partial charge in [0.05, 0.1) is 0 Å². The van der Waals surface area contributed by atoms with Gasteiger partial charge in [-0.2, -0.15) is 0 Å². The van der Waals surface area contributed by atoms with E-state index in [1.165, 1.54) is 45.4 Å². The minimum absolute atomic E-state index is 0.159. The summed E-state index contributed by atoms with van der Waals surface area (Å²) in [5.74, 6) is 2.99. The highest BCUT2D eigenvalue weighted by Gasteiger charge is 2.34. The second-order valence-electron chi connectivity index (χ2n) is 10.3. The van der Waals surface area contributed by atoms with Crippen LogP contribution in [0.3, 0.4) is 0 Å². The first-order chi connectivity index (χ1) is 12.9. The van der Waals surface area contributed by atoms with Crippen molar-refractivity contribution < 1.29 is 19.4 Å². The minimum atomic E-state index is -0.630. The Morgan fingerprint density at radius 1 is 1.00 bits per heavy atom. The Hall–Kier alpha value is -1.06. The highest BCUT2D eigenvalue weighted by molar-refractivity contribution is 5.67. The quantitative estimate of drug-likeness (QED) is 0.552. The summed E-state index contributed by atoms with van der Waals surface area (Å²) in [4.78, 5) is 21.7. The normalized spacial score (nSPS) is 30.9. The van der Waals surface area contributed by atoms with Gasteiger partial charge in [0.15, 0.2) is 0 Å². The molecular weight excluding hydrogens is 352 g/mol. The molecular formula is C24H44O4. The standard InChI is InChI=1S/2C12H22O2/c1-9-5-7-11(8-6-9)12(3,4)14-10(2)13;1-8(2)11-5-4-9(3)6-10(11)7-12(13)14/h9,11H,5-8H2,1-4H3;8-11H,4-7H2,1-3H3,(H,13,14). The number of carboxylic acid groups (broad SMARTS) is 1. The monoisotopic (exact) mass is 396 g/mol. The van der Waals surface area contributed by atoms with E-state index in [4.69, 9.17) is 9.84 Å². The topological polar surface area (TPSA) is 63.6 Å². The smallest absolute Gasteiger partial charge is 0.303 e. The molecule has 4 heteroatoms. The van der Waals surface area contributed by atoms with Crippen molar-refractivity contribution in [3.05, 3.63) is 0 Å². The van der Waals surface area contributed by atoms with Crippen molar-refractivity contribution in [3.8, 4) is 0 Å². The lowest BCUT2D eigenvalue weighted by atomic mass is 9.69. The summed E-state index contributed by atoms with van der Waals surface area (Å²) in [7, 11) is 0. The predicted octanol–water partition coefficient (Wildman–Crippen LogP) is 6.32. The molecule has 0 amide bonds. The minimum Gasteiger partial charge on any atom is -0.481 e. The van der Waals surface area contributed by atoms with Crippen molar-refractivity contribution in [2.24, 2.45) is 35.5 Å². The van der Waals surface area contributed by atoms with Crippen molar-refractivity contribution in [2.45, 2.75) is 105 Å². The lowest BCUT2D eigenvalue weighted by Crippen LogP contribution is -2.38. The maximum absolute atomic E-state index is 10.9. The van der Waals surface area contributed by atoms with Crippen molar-refractivity contribution in [1.29, 1.82) is 0 Å². The van der Waals surface area contributed by atoms with E-state index in [-0.39, 0.29) is 11.6 Å². The third kappa shape index (κ3) is 8.53. The van der Waals surface area contributed by atoms with E-state index < -0.39 is 5.97 Å². The maximum atomic E-state index is 10.9. The molecule has 2 aliphatic rings. The second kappa shape index (κ2) is 11.2. The van der Waals surface area contributed by atoms with Crippen LogP contribution in [0, 0.1) is 35.5 Å². The molecule has 28 heavy (non-hydrogen) atoms. The molecule has 0 spiro atoms. The molecule has 3 atom stereocenters. The average Bonchev–Trinajstić information content (AvgIpc) is 2.53. The lowest BCUT2D eigenvalue weighted by molar-refractivity contribution is -0.160. The van der Waals surface area contributed by atoms with E-state index in [2.05, 4.69) is 27.7 Å². The van der Waals surface area contributed by atoms with Gasteiger partial charge in [0.1, 0.15) is 5.60 Å². The van der Waals surface area contributed by atoms with Crippen LogP contribution in [0.4, 0.5) is 0 Å². The summed E-state index contributed by atoms with van der Waals surface area (Å²) in [6, 6.07) is 0. The van der Waals surface area contributed by atoms with Gasteiger partial charge in [-0.25, -0.2) is 0 Å². The van der Waals surface area contributed by atoms with E-state index in [0.29, 0.717) is 36.0 Å². The van der Waals surface area contributed by atoms with Gasteiger partial charge in [-0.1, -0.05) is 47.0 Å². The fraction of sp³-hybridized carbons (Fsp3) is 0.917. The predicted molar refractivity (Wildman–Crippen MR) is 114 cm³/mol. The molecule has 2 rings (SSSR count). The summed E-state index contributed by atoms with van der Waals surface area (Å²) in [5, 5.41) is 8.85. The van der Waals surface area contributed by atoms with Gasteiger partial charge in [0, 0.05) is 13.3 Å². The van der Waals surface area contributed by atoms with Gasteiger partial charge in [-0.3, -0.25) is 9.59 Å². The highest BCUT2D eigenvalue weighted by atomic mass is 16.6. The van der Waals surface area contributed by atoms with Gasteiger partial charge in [-0.15, -0.1) is 0 Å². The molecule has 4 nitrogen and oxygen atoms in total. The fourth-order valence-corrected chi connectivity index (χ4v) is 5.27. The number of carbonyl (C=O) groups excluding carboxylic acids is 1. The van der Waals surface area contributed by atoms with Crippen LogP contribution in [-0.4, -0.2) is 22.6 Å². The second-order valence-corrected chi connectivity index (χ2v) is 10.3. The average molecular weight is 397 g/mol. The molecule has 0 aromatic heterocycles. The number of carbonyl (C=O) groups is 2. The van der Waals surface area contributed by atoms with Gasteiger partial charge >= 0.3 is 11.9 Å². The number of ether oxygens (including phenoxy) is 1. The summed E-state index contributed by atoms with van der Waals surface area (Å²) in [6.45, 7) is 14.5. The Bertz CT molecular complexity index is 486. The van der Waals surface area contributed by atoms with Crippen LogP contribution in [0.1, 0.15) is 99.8 Å². The number of esters is 1.